The van der Waals surface area contributed by atoms with Gasteiger partial charge in [0.1, 0.15) is 0 Å². The van der Waals surface area contributed by atoms with E-state index in [9.17, 15) is 26.3 Å². The normalized spacial score (nSPS) is 16.1. The zero-order valence-corrected chi connectivity index (χ0v) is 14.1. The van der Waals surface area contributed by atoms with Crippen molar-refractivity contribution in [3.05, 3.63) is 0 Å². The van der Waals surface area contributed by atoms with Crippen LogP contribution in [-0.2, 0) is 9.47 Å². The van der Waals surface area contributed by atoms with Gasteiger partial charge in [0.2, 0.25) is 0 Å². The van der Waals surface area contributed by atoms with Crippen molar-refractivity contribution >= 4 is 0 Å². The minimum absolute atomic E-state index is 0.575. The average Bonchev–Trinajstić information content (AvgIpc) is 2.08. The van der Waals surface area contributed by atoms with Crippen molar-refractivity contribution in [2.45, 2.75) is 84.7 Å². The van der Waals surface area contributed by atoms with E-state index in [2.05, 4.69) is 9.47 Å². The average molecular weight is 338 g/mol. The molecular weight excluding hydrogens is 314 g/mol. The van der Waals surface area contributed by atoms with Crippen molar-refractivity contribution in [3.8, 4) is 0 Å². The molecule has 0 atom stereocenters. The first kappa shape index (κ1) is 21.5. The van der Waals surface area contributed by atoms with Crippen LogP contribution in [0.5, 0.6) is 0 Å². The molecule has 0 radical (unpaired) electrons. The lowest BCUT2D eigenvalue weighted by molar-refractivity contribution is -0.450. The highest BCUT2D eigenvalue weighted by atomic mass is 19.3. The van der Waals surface area contributed by atoms with Crippen LogP contribution < -0.4 is 0 Å². The Morgan fingerprint density at radius 1 is 0.545 bits per heavy atom. The van der Waals surface area contributed by atoms with Crippen molar-refractivity contribution in [1.82, 2.24) is 0 Å². The van der Waals surface area contributed by atoms with Crippen molar-refractivity contribution < 1.29 is 35.8 Å². The fourth-order valence-electron chi connectivity index (χ4n) is 1.39. The van der Waals surface area contributed by atoms with E-state index in [0.29, 0.717) is 13.8 Å². The van der Waals surface area contributed by atoms with E-state index < -0.39 is 34.8 Å². The molecule has 0 heterocycles. The summed E-state index contributed by atoms with van der Waals surface area (Å²) < 4.78 is 91.4. The quantitative estimate of drug-likeness (QED) is 0.619. The molecule has 0 saturated heterocycles. The smallest absolute Gasteiger partial charge is 0.312 e. The molecule has 8 heteroatoms. The van der Waals surface area contributed by atoms with Gasteiger partial charge in [0.15, 0.2) is 5.60 Å². The Labute approximate surface area is 127 Å². The Bertz CT molecular complexity index is 391. The van der Waals surface area contributed by atoms with E-state index in [-0.39, 0.29) is 0 Å². The maximum absolute atomic E-state index is 14.0. The highest BCUT2D eigenvalue weighted by Crippen LogP contribution is 2.51. The summed E-state index contributed by atoms with van der Waals surface area (Å²) in [5, 5.41) is 0. The monoisotopic (exact) mass is 338 g/mol. The van der Waals surface area contributed by atoms with Gasteiger partial charge in [0.05, 0.1) is 5.60 Å². The van der Waals surface area contributed by atoms with Gasteiger partial charge >= 0.3 is 18.1 Å². The lowest BCUT2D eigenvalue weighted by atomic mass is 9.87. The molecule has 0 bridgehead atoms. The van der Waals surface area contributed by atoms with Crippen LogP contribution in [0.1, 0.15) is 55.4 Å². The first-order valence-electron chi connectivity index (χ1n) is 6.70. The molecule has 0 rings (SSSR count). The van der Waals surface area contributed by atoms with E-state index in [0.717, 1.165) is 20.8 Å². The van der Waals surface area contributed by atoms with Gasteiger partial charge in [-0.3, -0.25) is 0 Å². The first-order chi connectivity index (χ1) is 9.16. The summed E-state index contributed by atoms with van der Waals surface area (Å²) in [6, 6.07) is 0. The molecule has 2 nitrogen and oxygen atoms in total. The maximum Gasteiger partial charge on any atom is 0.420 e. The maximum atomic E-state index is 14.0. The van der Waals surface area contributed by atoms with Gasteiger partial charge in [-0.25, -0.2) is 0 Å². The second-order valence-corrected chi connectivity index (χ2v) is 7.68. The van der Waals surface area contributed by atoms with Crippen molar-refractivity contribution in [2.75, 3.05) is 0 Å². The molecule has 0 aliphatic carbocycles. The summed E-state index contributed by atoms with van der Waals surface area (Å²) in [5.41, 5.74) is -6.54. The second-order valence-electron chi connectivity index (χ2n) is 7.68. The van der Waals surface area contributed by atoms with Crippen molar-refractivity contribution in [1.29, 1.82) is 0 Å². The van der Waals surface area contributed by atoms with Gasteiger partial charge in [-0.15, -0.1) is 0 Å². The van der Waals surface area contributed by atoms with Gasteiger partial charge < -0.3 is 9.47 Å². The van der Waals surface area contributed by atoms with Gasteiger partial charge in [-0.1, -0.05) is 20.8 Å². The molecule has 0 aromatic carbocycles. The molecule has 0 fully saturated rings. The van der Waals surface area contributed by atoms with E-state index in [1.165, 1.54) is 20.8 Å². The van der Waals surface area contributed by atoms with E-state index in [4.69, 9.17) is 0 Å². The lowest BCUT2D eigenvalue weighted by Crippen LogP contribution is -2.59. The number of rotatable bonds is 5. The molecule has 0 N–H and O–H groups in total. The van der Waals surface area contributed by atoms with Crippen LogP contribution in [0.2, 0.25) is 0 Å². The zero-order valence-electron chi connectivity index (χ0n) is 14.1. The highest BCUT2D eigenvalue weighted by molar-refractivity contribution is 4.92. The Morgan fingerprint density at radius 2 is 0.909 bits per heavy atom. The molecule has 134 valence electrons. The predicted octanol–water partition coefficient (Wildman–Crippen LogP) is 5.46. The number of ether oxygens (including phenoxy) is 2. The topological polar surface area (TPSA) is 18.5 Å². The number of hydrogen-bond donors (Lipinski definition) is 0. The molecule has 0 unspecified atom stereocenters. The fraction of sp³-hybridized carbons (Fsp3) is 1.00. The molecule has 0 aliphatic heterocycles. The summed E-state index contributed by atoms with van der Waals surface area (Å²) in [6.07, 6.45) is -9.30. The lowest BCUT2D eigenvalue weighted by Gasteiger charge is -2.43. The molecule has 0 amide bonds. The standard InChI is InChI=1S/C14H24F6O2/c1-9(2,3)12(15,16)14(19,20)22-11(7,8)13(17,18)21-10(4,5)6/h1-8H3. The van der Waals surface area contributed by atoms with Gasteiger partial charge in [0, 0.05) is 5.41 Å². The minimum atomic E-state index is -5.10. The molecule has 22 heavy (non-hydrogen) atoms. The number of alkyl halides is 6. The summed E-state index contributed by atoms with van der Waals surface area (Å²) >= 11 is 0. The molecule has 0 spiro atoms. The van der Waals surface area contributed by atoms with E-state index >= 15 is 0 Å². The second kappa shape index (κ2) is 5.54. The molecule has 0 saturated carbocycles. The number of hydrogen-bond acceptors (Lipinski definition) is 2. The van der Waals surface area contributed by atoms with Crippen LogP contribution >= 0.6 is 0 Å². The van der Waals surface area contributed by atoms with Gasteiger partial charge in [-0.2, -0.15) is 26.3 Å². The highest BCUT2D eigenvalue weighted by Gasteiger charge is 2.68. The number of halogens is 6. The Hall–Kier alpha value is -0.500. The van der Waals surface area contributed by atoms with Crippen molar-refractivity contribution in [3.63, 3.8) is 0 Å². The van der Waals surface area contributed by atoms with Crippen LogP contribution in [0, 0.1) is 5.41 Å². The van der Waals surface area contributed by atoms with Crippen LogP contribution in [0.4, 0.5) is 26.3 Å². The summed E-state index contributed by atoms with van der Waals surface area (Å²) in [4.78, 5) is 0. The Kier molecular flexibility index (Phi) is 5.42. The van der Waals surface area contributed by atoms with E-state index in [1.807, 2.05) is 0 Å². The SMILES string of the molecule is CC(C)(C)OC(F)(F)C(C)(C)OC(F)(F)C(F)(F)C(C)(C)C. The molecule has 0 aliphatic rings. The third kappa shape index (κ3) is 4.50. The predicted molar refractivity (Wildman–Crippen MR) is 70.3 cm³/mol. The summed E-state index contributed by atoms with van der Waals surface area (Å²) in [6.45, 7) is 7.57. The van der Waals surface area contributed by atoms with E-state index in [1.54, 1.807) is 0 Å². The van der Waals surface area contributed by atoms with Crippen molar-refractivity contribution in [2.24, 2.45) is 5.41 Å². The van der Waals surface area contributed by atoms with Gasteiger partial charge in [-0.05, 0) is 34.6 Å². The third-order valence-electron chi connectivity index (χ3n) is 2.83. The Balaban J connectivity index is 5.52. The fourth-order valence-corrected chi connectivity index (χ4v) is 1.39. The molecule has 0 aromatic rings. The van der Waals surface area contributed by atoms with Crippen LogP contribution in [-0.4, -0.2) is 29.3 Å². The van der Waals surface area contributed by atoms with Crippen LogP contribution in [0.15, 0.2) is 0 Å². The minimum Gasteiger partial charge on any atom is -0.312 e. The van der Waals surface area contributed by atoms with Gasteiger partial charge in [0.25, 0.3) is 0 Å². The summed E-state index contributed by atoms with van der Waals surface area (Å²) in [7, 11) is 0. The molecule has 0 aromatic heterocycles. The Morgan fingerprint density at radius 3 is 1.18 bits per heavy atom. The molecular formula is C14H24F6O2. The first-order valence-corrected chi connectivity index (χ1v) is 6.70. The van der Waals surface area contributed by atoms with Crippen LogP contribution in [0.25, 0.3) is 0 Å². The summed E-state index contributed by atoms with van der Waals surface area (Å²) in [5.74, 6) is -4.66. The third-order valence-corrected chi connectivity index (χ3v) is 2.83. The van der Waals surface area contributed by atoms with Crippen LogP contribution in [0.3, 0.4) is 0 Å². The zero-order chi connectivity index (χ0) is 18.4. The largest absolute Gasteiger partial charge is 0.420 e.